The predicted molar refractivity (Wildman–Crippen MR) is 129 cm³/mol. The van der Waals surface area contributed by atoms with Crippen LogP contribution in [0.25, 0.3) is 10.9 Å². The quantitative estimate of drug-likeness (QED) is 0.559. The normalized spacial score (nSPS) is 26.6. The minimum atomic E-state index is -2.24. The number of hydrogen-bond acceptors (Lipinski definition) is 8. The largest absolute Gasteiger partial charge is 0.483 e. The molecule has 3 aromatic rings. The maximum absolute atomic E-state index is 14.0. The Kier molecular flexibility index (Phi) is 6.13. The van der Waals surface area contributed by atoms with Gasteiger partial charge in [-0.2, -0.15) is 4.36 Å². The molecule has 8 nitrogen and oxygen atoms in total. The smallest absolute Gasteiger partial charge is 0.150 e. The zero-order valence-corrected chi connectivity index (χ0v) is 19.8. The number of benzene rings is 2. The van der Waals surface area contributed by atoms with Gasteiger partial charge in [0, 0.05) is 23.0 Å². The lowest BCUT2D eigenvalue weighted by molar-refractivity contribution is 0.0736. The van der Waals surface area contributed by atoms with Gasteiger partial charge in [-0.15, -0.1) is 0 Å². The van der Waals surface area contributed by atoms with Crippen molar-refractivity contribution in [1.82, 2.24) is 9.97 Å². The topological polar surface area (TPSA) is 106 Å². The fourth-order valence-corrected chi connectivity index (χ4v) is 7.06. The minimum Gasteiger partial charge on any atom is -0.483 e. The molecule has 5 rings (SSSR count). The molecule has 0 bridgehead atoms. The first-order chi connectivity index (χ1) is 16.3. The van der Waals surface area contributed by atoms with Crippen LogP contribution in [0.1, 0.15) is 18.9 Å². The summed E-state index contributed by atoms with van der Waals surface area (Å²) in [7, 11) is -2.24. The van der Waals surface area contributed by atoms with Crippen molar-refractivity contribution in [2.45, 2.75) is 32.5 Å². The van der Waals surface area contributed by atoms with Crippen LogP contribution in [-0.2, 0) is 14.5 Å². The van der Waals surface area contributed by atoms with Crippen LogP contribution < -0.4 is 10.1 Å². The molecule has 2 fully saturated rings. The van der Waals surface area contributed by atoms with Gasteiger partial charge < -0.3 is 19.9 Å². The summed E-state index contributed by atoms with van der Waals surface area (Å²) in [6.45, 7) is 4.43. The van der Waals surface area contributed by atoms with Gasteiger partial charge in [0.05, 0.1) is 39.8 Å². The molecule has 0 radical (unpaired) electrons. The van der Waals surface area contributed by atoms with Gasteiger partial charge in [0.25, 0.3) is 0 Å². The van der Waals surface area contributed by atoms with Crippen molar-refractivity contribution in [1.29, 1.82) is 0 Å². The van der Waals surface area contributed by atoms with E-state index in [0.29, 0.717) is 40.1 Å². The van der Waals surface area contributed by atoms with Crippen molar-refractivity contribution in [3.63, 3.8) is 0 Å². The van der Waals surface area contributed by atoms with Crippen LogP contribution in [0, 0.1) is 18.7 Å². The van der Waals surface area contributed by atoms with Crippen LogP contribution in [0.15, 0.2) is 41.0 Å². The lowest BCUT2D eigenvalue weighted by atomic mass is 10.1. The molecule has 2 aliphatic rings. The lowest BCUT2D eigenvalue weighted by Crippen LogP contribution is -2.30. The SMILES string of the molecule is Cc1cc(N=S2(=O)CCC(C)C2)cc2ncnc(Nc3ccc(F)cc3O[C@@H]3COC[C@@H]3O)c12. The molecule has 2 unspecified atom stereocenters. The molecule has 2 saturated heterocycles. The van der Waals surface area contributed by atoms with E-state index in [0.717, 1.165) is 17.4 Å². The molecule has 4 atom stereocenters. The first-order valence-corrected chi connectivity index (χ1v) is 13.1. The van der Waals surface area contributed by atoms with Crippen LogP contribution in [0.4, 0.5) is 21.6 Å². The van der Waals surface area contributed by atoms with Gasteiger partial charge in [0.2, 0.25) is 0 Å². The van der Waals surface area contributed by atoms with E-state index in [1.165, 1.54) is 18.5 Å². The molecule has 0 amide bonds. The highest BCUT2D eigenvalue weighted by molar-refractivity contribution is 7.94. The number of nitrogens with zero attached hydrogens (tertiary/aromatic N) is 3. The molecule has 1 aromatic heterocycles. The van der Waals surface area contributed by atoms with Gasteiger partial charge in [-0.25, -0.2) is 18.6 Å². The monoisotopic (exact) mass is 486 g/mol. The Hall–Kier alpha value is -2.82. The summed E-state index contributed by atoms with van der Waals surface area (Å²) in [5, 5.41) is 14.0. The van der Waals surface area contributed by atoms with Crippen molar-refractivity contribution >= 4 is 37.8 Å². The van der Waals surface area contributed by atoms with Crippen molar-refractivity contribution in [2.24, 2.45) is 10.3 Å². The summed E-state index contributed by atoms with van der Waals surface area (Å²) in [6.07, 6.45) is 0.992. The van der Waals surface area contributed by atoms with Gasteiger partial charge in [-0.1, -0.05) is 6.92 Å². The molecule has 34 heavy (non-hydrogen) atoms. The van der Waals surface area contributed by atoms with E-state index in [1.807, 2.05) is 19.1 Å². The second-order valence-corrected chi connectivity index (χ2v) is 11.5. The number of fused-ring (bicyclic) bond motifs is 1. The average molecular weight is 487 g/mol. The Labute approximate surface area is 197 Å². The number of ether oxygens (including phenoxy) is 2. The van der Waals surface area contributed by atoms with Crippen LogP contribution in [-0.4, -0.2) is 56.2 Å². The molecule has 0 aliphatic carbocycles. The number of aliphatic hydroxyl groups is 1. The van der Waals surface area contributed by atoms with Crippen LogP contribution in [0.5, 0.6) is 5.75 Å². The van der Waals surface area contributed by atoms with Gasteiger partial charge in [-0.3, -0.25) is 0 Å². The summed E-state index contributed by atoms with van der Waals surface area (Å²) in [4.78, 5) is 8.80. The van der Waals surface area contributed by atoms with E-state index in [9.17, 15) is 13.7 Å². The van der Waals surface area contributed by atoms with E-state index < -0.39 is 27.8 Å². The third kappa shape index (κ3) is 4.70. The van der Waals surface area contributed by atoms with Crippen molar-refractivity contribution in [3.8, 4) is 5.75 Å². The Bertz CT molecular complexity index is 1360. The highest BCUT2D eigenvalue weighted by atomic mass is 32.2. The fourth-order valence-electron chi connectivity index (χ4n) is 4.42. The number of anilines is 2. The van der Waals surface area contributed by atoms with Crippen LogP contribution in [0.3, 0.4) is 0 Å². The van der Waals surface area contributed by atoms with Crippen LogP contribution >= 0.6 is 0 Å². The van der Waals surface area contributed by atoms with Gasteiger partial charge >= 0.3 is 0 Å². The summed E-state index contributed by atoms with van der Waals surface area (Å²) >= 11 is 0. The number of rotatable bonds is 5. The van der Waals surface area contributed by atoms with Gasteiger partial charge in [-0.05, 0) is 49.1 Å². The van der Waals surface area contributed by atoms with Crippen molar-refractivity contribution < 1.29 is 23.2 Å². The Morgan fingerprint density at radius 3 is 2.85 bits per heavy atom. The summed E-state index contributed by atoms with van der Waals surface area (Å²) in [6, 6.07) is 7.86. The first-order valence-electron chi connectivity index (χ1n) is 11.3. The molecule has 2 aromatic carbocycles. The molecule has 0 saturated carbocycles. The maximum atomic E-state index is 14.0. The number of aromatic nitrogens is 2. The number of nitrogens with one attached hydrogen (secondary N) is 1. The highest BCUT2D eigenvalue weighted by Gasteiger charge is 2.29. The Morgan fingerprint density at radius 2 is 2.12 bits per heavy atom. The Morgan fingerprint density at radius 1 is 1.26 bits per heavy atom. The zero-order chi connectivity index (χ0) is 23.9. The molecule has 10 heteroatoms. The average Bonchev–Trinajstić information content (AvgIpc) is 3.34. The molecule has 180 valence electrons. The Balaban J connectivity index is 1.50. The van der Waals surface area contributed by atoms with E-state index in [1.54, 1.807) is 6.07 Å². The lowest BCUT2D eigenvalue weighted by Gasteiger charge is -2.19. The third-order valence-corrected chi connectivity index (χ3v) is 8.65. The molecule has 2 aliphatic heterocycles. The van der Waals surface area contributed by atoms with Crippen molar-refractivity contribution in [3.05, 3.63) is 48.0 Å². The summed E-state index contributed by atoms with van der Waals surface area (Å²) in [5.74, 6) is 1.97. The van der Waals surface area contributed by atoms with E-state index in [4.69, 9.17) is 9.47 Å². The molecular formula is C24H27FN4O4S. The van der Waals surface area contributed by atoms with Gasteiger partial charge in [0.1, 0.15) is 29.8 Å². The second-order valence-electron chi connectivity index (χ2n) is 9.03. The molecular weight excluding hydrogens is 459 g/mol. The van der Waals surface area contributed by atoms with E-state index >= 15 is 0 Å². The third-order valence-electron chi connectivity index (χ3n) is 6.14. The number of aryl methyl sites for hydroxylation is 1. The standard InChI is InChI=1S/C24H27FN4O4S/c1-14-5-6-34(31,12-14)29-17-7-15(2)23-19(9-17)26-13-27-24(23)28-18-4-3-16(25)8-21(18)33-22-11-32-10-20(22)30/h3-4,7-9,13-14,20,22,30H,5-6,10-12H2,1-2H3,(H,26,27,28)/t14?,20-,22+,34?/m0/s1. The van der Waals surface area contributed by atoms with E-state index in [2.05, 4.69) is 26.6 Å². The number of aliphatic hydroxyl groups excluding tert-OH is 1. The summed E-state index contributed by atoms with van der Waals surface area (Å²) in [5.41, 5.74) is 2.68. The number of hydrogen-bond donors (Lipinski definition) is 2. The second kappa shape index (κ2) is 9.09. The highest BCUT2D eigenvalue weighted by Crippen LogP contribution is 2.35. The zero-order valence-electron chi connectivity index (χ0n) is 19.0. The van der Waals surface area contributed by atoms with Gasteiger partial charge in [0.15, 0.2) is 6.10 Å². The first kappa shape index (κ1) is 22.9. The molecule has 2 N–H and O–H groups in total. The fraction of sp³-hybridized carbons (Fsp3) is 0.417. The molecule has 0 spiro atoms. The van der Waals surface area contributed by atoms with E-state index in [-0.39, 0.29) is 19.0 Å². The number of halogens is 1. The minimum absolute atomic E-state index is 0.178. The predicted octanol–water partition coefficient (Wildman–Crippen LogP) is 4.10. The summed E-state index contributed by atoms with van der Waals surface area (Å²) < 4.78 is 42.7. The molecule has 3 heterocycles. The maximum Gasteiger partial charge on any atom is 0.150 e. The van der Waals surface area contributed by atoms with Crippen LogP contribution in [0.2, 0.25) is 0 Å². The van der Waals surface area contributed by atoms with Crippen molar-refractivity contribution in [2.75, 3.05) is 30.0 Å².